The molecule has 0 bridgehead atoms. The first kappa shape index (κ1) is 23.3. The molecule has 0 spiro atoms. The molecule has 5 aromatic rings. The van der Waals surface area contributed by atoms with E-state index in [1.54, 1.807) is 42.5 Å². The lowest BCUT2D eigenvalue weighted by molar-refractivity contribution is -0.113. The summed E-state index contributed by atoms with van der Waals surface area (Å²) in [6.45, 7) is 0. The van der Waals surface area contributed by atoms with Gasteiger partial charge in [0.1, 0.15) is 11.3 Å². The fourth-order valence-corrected chi connectivity index (χ4v) is 4.21. The van der Waals surface area contributed by atoms with E-state index >= 15 is 0 Å². The van der Waals surface area contributed by atoms with E-state index in [0.717, 1.165) is 21.6 Å². The molecule has 36 heavy (non-hydrogen) atoms. The molecule has 5 rings (SSSR count). The first-order valence-electron chi connectivity index (χ1n) is 11.1. The lowest BCUT2D eigenvalue weighted by Gasteiger charge is -2.08. The van der Waals surface area contributed by atoms with Gasteiger partial charge in [0, 0.05) is 21.8 Å². The number of hydrogen-bond donors (Lipinski definition) is 2. The van der Waals surface area contributed by atoms with Gasteiger partial charge in [0.25, 0.3) is 5.91 Å². The number of anilines is 2. The molecule has 178 valence electrons. The van der Waals surface area contributed by atoms with E-state index in [9.17, 15) is 14.0 Å². The van der Waals surface area contributed by atoms with Gasteiger partial charge in [-0.25, -0.2) is 9.37 Å². The van der Waals surface area contributed by atoms with Crippen molar-refractivity contribution in [3.8, 4) is 11.5 Å². The van der Waals surface area contributed by atoms with E-state index in [0.29, 0.717) is 17.3 Å². The van der Waals surface area contributed by atoms with E-state index in [2.05, 4.69) is 15.6 Å². The molecule has 0 atom stereocenters. The molecule has 0 fully saturated rings. The largest absolute Gasteiger partial charge is 0.436 e. The van der Waals surface area contributed by atoms with Gasteiger partial charge in [-0.15, -0.1) is 11.8 Å². The quantitative estimate of drug-likeness (QED) is 0.247. The van der Waals surface area contributed by atoms with Crippen LogP contribution in [0.5, 0.6) is 0 Å². The zero-order valence-electron chi connectivity index (χ0n) is 18.9. The van der Waals surface area contributed by atoms with E-state index in [4.69, 9.17) is 4.42 Å². The van der Waals surface area contributed by atoms with E-state index in [-0.39, 0.29) is 17.2 Å². The average molecular weight is 498 g/mol. The normalized spacial score (nSPS) is 10.8. The highest BCUT2D eigenvalue weighted by molar-refractivity contribution is 8.00. The van der Waals surface area contributed by atoms with Crippen molar-refractivity contribution in [2.45, 2.75) is 4.90 Å². The number of benzene rings is 4. The molecule has 2 amide bonds. The zero-order valence-corrected chi connectivity index (χ0v) is 19.7. The van der Waals surface area contributed by atoms with Crippen molar-refractivity contribution >= 4 is 46.1 Å². The monoisotopic (exact) mass is 497 g/mol. The van der Waals surface area contributed by atoms with Gasteiger partial charge in [-0.2, -0.15) is 0 Å². The number of para-hydroxylation sites is 2. The molecule has 0 aliphatic carbocycles. The predicted octanol–water partition coefficient (Wildman–Crippen LogP) is 6.62. The van der Waals surface area contributed by atoms with Gasteiger partial charge in [-0.05, 0) is 72.8 Å². The van der Waals surface area contributed by atoms with Crippen molar-refractivity contribution in [2.24, 2.45) is 0 Å². The lowest BCUT2D eigenvalue weighted by atomic mass is 10.2. The maximum atomic E-state index is 13.8. The average Bonchev–Trinajstić information content (AvgIpc) is 3.33. The van der Waals surface area contributed by atoms with Crippen LogP contribution in [0.15, 0.2) is 106 Å². The number of aromatic nitrogens is 1. The number of nitrogens with zero attached hydrogens (tertiary/aromatic N) is 1. The highest BCUT2D eigenvalue weighted by Crippen LogP contribution is 2.26. The number of nitrogens with one attached hydrogen (secondary N) is 2. The third-order valence-electron chi connectivity index (χ3n) is 5.31. The topological polar surface area (TPSA) is 84.2 Å². The second-order valence-electron chi connectivity index (χ2n) is 7.86. The third-order valence-corrected chi connectivity index (χ3v) is 6.32. The van der Waals surface area contributed by atoms with Crippen LogP contribution in [0.25, 0.3) is 22.6 Å². The van der Waals surface area contributed by atoms with Gasteiger partial charge in [0.05, 0.1) is 11.3 Å². The minimum Gasteiger partial charge on any atom is -0.436 e. The van der Waals surface area contributed by atoms with Crippen LogP contribution in [0.4, 0.5) is 15.8 Å². The Bertz CT molecular complexity index is 1500. The molecule has 0 saturated carbocycles. The SMILES string of the molecule is O=C(CSc1ccc(NC(=O)c2ccccc2F)cc1)Nc1ccc(-c2nc3ccccc3o2)cc1. The number of carbonyl (C=O) groups excluding carboxylic acids is 2. The highest BCUT2D eigenvalue weighted by Gasteiger charge is 2.12. The standard InChI is InChI=1S/C28H20FN3O3S/c29-23-6-2-1-5-22(23)27(34)31-20-13-15-21(16-14-20)36-17-26(33)30-19-11-9-18(10-12-19)28-32-24-7-3-4-8-25(24)35-28/h1-16H,17H2,(H,30,33)(H,31,34). The van der Waals surface area contributed by atoms with Crippen LogP contribution in [-0.2, 0) is 4.79 Å². The Morgan fingerprint density at radius 2 is 1.47 bits per heavy atom. The summed E-state index contributed by atoms with van der Waals surface area (Å²) in [5.74, 6) is -0.498. The van der Waals surface area contributed by atoms with Gasteiger partial charge >= 0.3 is 0 Å². The van der Waals surface area contributed by atoms with E-state index in [1.807, 2.05) is 36.4 Å². The van der Waals surface area contributed by atoms with E-state index in [1.165, 1.54) is 30.0 Å². The molecule has 4 aromatic carbocycles. The molecule has 0 aliphatic rings. The molecular formula is C28H20FN3O3S. The number of oxazole rings is 1. The molecule has 0 unspecified atom stereocenters. The molecule has 2 N–H and O–H groups in total. The second kappa shape index (κ2) is 10.5. The van der Waals surface area contributed by atoms with Crippen molar-refractivity contribution in [2.75, 3.05) is 16.4 Å². The Morgan fingerprint density at radius 1 is 0.806 bits per heavy atom. The molecule has 1 heterocycles. The van der Waals surface area contributed by atoms with Gasteiger partial charge in [0.2, 0.25) is 11.8 Å². The summed E-state index contributed by atoms with van der Waals surface area (Å²) in [5.41, 5.74) is 3.53. The Morgan fingerprint density at radius 3 is 2.22 bits per heavy atom. The first-order chi connectivity index (χ1) is 17.5. The Labute approximate surface area is 210 Å². The molecule has 0 aliphatic heterocycles. The Hall–Kier alpha value is -4.43. The predicted molar refractivity (Wildman–Crippen MR) is 140 cm³/mol. The number of thioether (sulfide) groups is 1. The molecule has 1 aromatic heterocycles. The van der Waals surface area contributed by atoms with Crippen molar-refractivity contribution in [3.05, 3.63) is 108 Å². The van der Waals surface area contributed by atoms with Crippen LogP contribution < -0.4 is 10.6 Å². The number of amides is 2. The summed E-state index contributed by atoms with van der Waals surface area (Å²) in [6.07, 6.45) is 0. The summed E-state index contributed by atoms with van der Waals surface area (Å²) < 4.78 is 19.5. The Balaban J connectivity index is 1.13. The fourth-order valence-electron chi connectivity index (χ4n) is 3.52. The van der Waals surface area contributed by atoms with Crippen LogP contribution in [0, 0.1) is 5.82 Å². The van der Waals surface area contributed by atoms with Gasteiger partial charge in [0.15, 0.2) is 5.58 Å². The number of halogens is 1. The summed E-state index contributed by atoms with van der Waals surface area (Å²) in [5, 5.41) is 5.54. The molecule has 8 heteroatoms. The van der Waals surface area contributed by atoms with Crippen LogP contribution in [-0.4, -0.2) is 22.6 Å². The van der Waals surface area contributed by atoms with Crippen molar-refractivity contribution in [1.82, 2.24) is 4.98 Å². The van der Waals surface area contributed by atoms with Crippen molar-refractivity contribution in [3.63, 3.8) is 0 Å². The first-order valence-corrected chi connectivity index (χ1v) is 12.1. The smallest absolute Gasteiger partial charge is 0.258 e. The molecular weight excluding hydrogens is 477 g/mol. The minimum absolute atomic E-state index is 0.0190. The summed E-state index contributed by atoms with van der Waals surface area (Å²) in [7, 11) is 0. The summed E-state index contributed by atoms with van der Waals surface area (Å²) in [4.78, 5) is 30.0. The fraction of sp³-hybridized carbons (Fsp3) is 0.0357. The zero-order chi connectivity index (χ0) is 24.9. The lowest BCUT2D eigenvalue weighted by Crippen LogP contribution is -2.14. The maximum absolute atomic E-state index is 13.8. The number of fused-ring (bicyclic) bond motifs is 1. The minimum atomic E-state index is -0.575. The number of hydrogen-bond acceptors (Lipinski definition) is 5. The van der Waals surface area contributed by atoms with Crippen LogP contribution in [0.1, 0.15) is 10.4 Å². The second-order valence-corrected chi connectivity index (χ2v) is 8.91. The van der Waals surface area contributed by atoms with Crippen molar-refractivity contribution < 1.29 is 18.4 Å². The van der Waals surface area contributed by atoms with Gasteiger partial charge in [-0.1, -0.05) is 24.3 Å². The summed E-state index contributed by atoms with van der Waals surface area (Å²) >= 11 is 1.37. The van der Waals surface area contributed by atoms with E-state index < -0.39 is 11.7 Å². The maximum Gasteiger partial charge on any atom is 0.258 e. The van der Waals surface area contributed by atoms with Crippen molar-refractivity contribution in [1.29, 1.82) is 0 Å². The van der Waals surface area contributed by atoms with Gasteiger partial charge in [-0.3, -0.25) is 9.59 Å². The highest BCUT2D eigenvalue weighted by atomic mass is 32.2. The summed E-state index contributed by atoms with van der Waals surface area (Å²) in [6, 6.07) is 27.7. The molecule has 6 nitrogen and oxygen atoms in total. The number of rotatable bonds is 7. The third kappa shape index (κ3) is 5.45. The van der Waals surface area contributed by atoms with Crippen LogP contribution in [0.3, 0.4) is 0 Å². The Kier molecular flexibility index (Phi) is 6.77. The molecule has 0 saturated heterocycles. The van der Waals surface area contributed by atoms with Crippen LogP contribution in [0.2, 0.25) is 0 Å². The van der Waals surface area contributed by atoms with Gasteiger partial charge < -0.3 is 15.1 Å². The number of carbonyl (C=O) groups is 2. The molecule has 0 radical (unpaired) electrons. The van der Waals surface area contributed by atoms with Crippen LogP contribution >= 0.6 is 11.8 Å².